The molecule has 0 spiro atoms. The van der Waals surface area contributed by atoms with Crippen molar-refractivity contribution in [3.63, 3.8) is 0 Å². The van der Waals surface area contributed by atoms with Gasteiger partial charge in [-0.15, -0.1) is 0 Å². The largest absolute Gasteiger partial charge is 0.368 e. The van der Waals surface area contributed by atoms with Crippen LogP contribution in [0.2, 0.25) is 0 Å². The van der Waals surface area contributed by atoms with Crippen LogP contribution >= 0.6 is 0 Å². The molecule has 6 nitrogen and oxygen atoms in total. The van der Waals surface area contributed by atoms with Crippen LogP contribution in [-0.2, 0) is 17.6 Å². The van der Waals surface area contributed by atoms with Gasteiger partial charge in [-0.2, -0.15) is 0 Å². The number of rotatable bonds is 11. The van der Waals surface area contributed by atoms with Gasteiger partial charge < -0.3 is 14.6 Å². The third kappa shape index (κ3) is 6.63. The van der Waals surface area contributed by atoms with Gasteiger partial charge in [0.25, 0.3) is 0 Å². The second-order valence-electron chi connectivity index (χ2n) is 10.9. The Bertz CT molecular complexity index is 1280. The molecule has 0 atom stereocenters. The molecule has 1 N–H and O–H groups in total. The number of pyridine rings is 2. The van der Waals surface area contributed by atoms with Gasteiger partial charge in [0.1, 0.15) is 17.2 Å². The van der Waals surface area contributed by atoms with E-state index in [2.05, 4.69) is 48.6 Å². The predicted molar refractivity (Wildman–Crippen MR) is 149 cm³/mol. The normalized spacial score (nSPS) is 15.3. The first-order valence-electron chi connectivity index (χ1n) is 13.5. The molecule has 3 aromatic heterocycles. The average molecular weight is 506 g/mol. The summed E-state index contributed by atoms with van der Waals surface area (Å²) in [4.78, 5) is 24.2. The van der Waals surface area contributed by atoms with Gasteiger partial charge in [-0.3, -0.25) is 9.78 Å². The Kier molecular flexibility index (Phi) is 8.42. The highest BCUT2D eigenvalue weighted by Gasteiger charge is 2.27. The Hall–Kier alpha value is -3.06. The third-order valence-corrected chi connectivity index (χ3v) is 7.11. The van der Waals surface area contributed by atoms with Crippen LogP contribution in [0.1, 0.15) is 75.4 Å². The van der Waals surface area contributed by atoms with Crippen molar-refractivity contribution in [2.75, 3.05) is 24.5 Å². The number of unbranched alkanes of at least 4 members (excludes halogenated alkanes) is 1. The molecule has 7 heteroatoms. The van der Waals surface area contributed by atoms with Gasteiger partial charge >= 0.3 is 0 Å². The number of fused-ring (bicyclic) bond motifs is 1. The molecule has 1 fully saturated rings. The quantitative estimate of drug-likeness (QED) is 0.339. The van der Waals surface area contributed by atoms with E-state index < -0.39 is 5.82 Å². The van der Waals surface area contributed by atoms with Crippen LogP contribution in [0, 0.1) is 12.7 Å². The number of halogens is 1. The van der Waals surface area contributed by atoms with E-state index in [1.165, 1.54) is 17.3 Å². The molecule has 0 saturated carbocycles. The van der Waals surface area contributed by atoms with Gasteiger partial charge in [-0.05, 0) is 63.7 Å². The zero-order valence-electron chi connectivity index (χ0n) is 22.7. The van der Waals surface area contributed by atoms with Crippen molar-refractivity contribution in [2.24, 2.45) is 0 Å². The lowest BCUT2D eigenvalue weighted by Crippen LogP contribution is -2.57. The van der Waals surface area contributed by atoms with E-state index in [1.807, 2.05) is 19.3 Å². The van der Waals surface area contributed by atoms with Crippen LogP contribution in [0.25, 0.3) is 11.2 Å². The maximum Gasteiger partial charge on any atom is 0.139 e. The first-order valence-corrected chi connectivity index (χ1v) is 13.5. The molecular weight excluding hydrogens is 465 g/mol. The van der Waals surface area contributed by atoms with E-state index in [0.717, 1.165) is 63.1 Å². The minimum Gasteiger partial charge on any atom is -0.368 e. The van der Waals surface area contributed by atoms with E-state index in [1.54, 1.807) is 10.6 Å². The molecule has 0 bridgehead atoms. The average Bonchev–Trinajstić information content (AvgIpc) is 3.20. The number of nitrogens with one attached hydrogen (secondary N) is 1. The molecule has 3 aromatic rings. The topological polar surface area (TPSA) is 62.5 Å². The summed E-state index contributed by atoms with van der Waals surface area (Å²) in [5.41, 5.74) is 6.15. The molecule has 4 heterocycles. The van der Waals surface area contributed by atoms with Gasteiger partial charge in [0.15, 0.2) is 0 Å². The van der Waals surface area contributed by atoms with Gasteiger partial charge in [-0.25, -0.2) is 9.37 Å². The zero-order valence-corrected chi connectivity index (χ0v) is 22.7. The first-order chi connectivity index (χ1) is 17.7. The summed E-state index contributed by atoms with van der Waals surface area (Å²) in [7, 11) is 0. The number of aromatic nitrogens is 3. The number of aryl methyl sites for hydroxylation is 2. The molecule has 1 aliphatic heterocycles. The van der Waals surface area contributed by atoms with Crippen molar-refractivity contribution in [3.8, 4) is 0 Å². The first kappa shape index (κ1) is 27.0. The standard InChI is InChI=1S/C30H40FN5O/c1-6-9-24-27(32-13-12-28(24)35-15-14-33-30(4,5)20-35)11-8-7-10-23(37)16-21(2)25-19-36-18-22(3)34-29(36)17-26(25)31/h12-13,17-19,33H,2,6-11,14-16,20H2,1,3-5H3. The fourth-order valence-corrected chi connectivity index (χ4v) is 5.34. The number of hydrogen-bond acceptors (Lipinski definition) is 5. The molecule has 0 radical (unpaired) electrons. The summed E-state index contributed by atoms with van der Waals surface area (Å²) >= 11 is 0. The molecule has 0 aromatic carbocycles. The summed E-state index contributed by atoms with van der Waals surface area (Å²) in [6, 6.07) is 3.56. The summed E-state index contributed by atoms with van der Waals surface area (Å²) in [5.74, 6) is -0.303. The smallest absolute Gasteiger partial charge is 0.139 e. The van der Waals surface area contributed by atoms with E-state index in [-0.39, 0.29) is 17.7 Å². The third-order valence-electron chi connectivity index (χ3n) is 7.11. The molecule has 0 aliphatic carbocycles. The number of carbonyl (C=O) groups excluding carboxylic acids is 1. The summed E-state index contributed by atoms with van der Waals surface area (Å²) in [6.07, 6.45) is 10.7. The number of allylic oxidation sites excluding steroid dienone is 1. The van der Waals surface area contributed by atoms with Crippen molar-refractivity contribution in [2.45, 2.75) is 78.2 Å². The molecule has 198 valence electrons. The van der Waals surface area contributed by atoms with E-state index in [0.29, 0.717) is 23.2 Å². The number of imidazole rings is 1. The highest BCUT2D eigenvalue weighted by molar-refractivity contribution is 5.89. The highest BCUT2D eigenvalue weighted by atomic mass is 19.1. The maximum absolute atomic E-state index is 14.6. The number of anilines is 1. The minimum absolute atomic E-state index is 0.0852. The van der Waals surface area contributed by atoms with Gasteiger partial charge in [0.05, 0.1) is 5.69 Å². The van der Waals surface area contributed by atoms with Crippen molar-refractivity contribution in [1.82, 2.24) is 19.7 Å². The lowest BCUT2D eigenvalue weighted by molar-refractivity contribution is -0.118. The number of piperazine rings is 1. The molecule has 1 saturated heterocycles. The van der Waals surface area contributed by atoms with Crippen molar-refractivity contribution in [1.29, 1.82) is 0 Å². The monoisotopic (exact) mass is 505 g/mol. The van der Waals surface area contributed by atoms with E-state index >= 15 is 0 Å². The summed E-state index contributed by atoms with van der Waals surface area (Å²) in [6.45, 7) is 15.5. The molecule has 37 heavy (non-hydrogen) atoms. The Morgan fingerprint density at radius 2 is 2.05 bits per heavy atom. The molecule has 4 rings (SSSR count). The molecule has 1 aliphatic rings. The zero-order chi connectivity index (χ0) is 26.6. The number of Topliss-reactive ketones (excluding diaryl/α,β-unsaturated/α-hetero) is 1. The van der Waals surface area contributed by atoms with Crippen LogP contribution in [-0.4, -0.2) is 45.3 Å². The van der Waals surface area contributed by atoms with Crippen LogP contribution in [0.15, 0.2) is 37.3 Å². The molecule has 0 amide bonds. The van der Waals surface area contributed by atoms with Gasteiger partial charge in [0.2, 0.25) is 0 Å². The van der Waals surface area contributed by atoms with Gasteiger partial charge in [0, 0.05) is 79.6 Å². The Morgan fingerprint density at radius 1 is 1.24 bits per heavy atom. The number of carbonyl (C=O) groups is 1. The fourth-order valence-electron chi connectivity index (χ4n) is 5.34. The maximum atomic E-state index is 14.6. The summed E-state index contributed by atoms with van der Waals surface area (Å²) < 4.78 is 16.4. The number of ketones is 1. The summed E-state index contributed by atoms with van der Waals surface area (Å²) in [5, 5.41) is 3.59. The number of nitrogens with zero attached hydrogens (tertiary/aromatic N) is 4. The predicted octanol–water partition coefficient (Wildman–Crippen LogP) is 5.70. The minimum atomic E-state index is -0.391. The SMILES string of the molecule is C=C(CC(=O)CCCCc1nccc(N2CCNC(C)(C)C2)c1CCC)c1cn2cc(C)nc2cc1F. The van der Waals surface area contributed by atoms with Crippen molar-refractivity contribution in [3.05, 3.63) is 65.6 Å². The van der Waals surface area contributed by atoms with Crippen LogP contribution in [0.4, 0.5) is 10.1 Å². The second-order valence-corrected chi connectivity index (χ2v) is 10.9. The Labute approximate surface area is 220 Å². The van der Waals surface area contributed by atoms with E-state index in [9.17, 15) is 9.18 Å². The van der Waals surface area contributed by atoms with Gasteiger partial charge in [-0.1, -0.05) is 19.9 Å². The van der Waals surface area contributed by atoms with Crippen LogP contribution < -0.4 is 10.2 Å². The van der Waals surface area contributed by atoms with E-state index in [4.69, 9.17) is 4.98 Å². The fraction of sp³-hybridized carbons (Fsp3) is 0.500. The van der Waals surface area contributed by atoms with Crippen molar-refractivity contribution >= 4 is 22.7 Å². The second kappa shape index (κ2) is 11.5. The molecular formula is C30H40FN5O. The number of hydrogen-bond donors (Lipinski definition) is 1. The molecule has 0 unspecified atom stereocenters. The lowest BCUT2D eigenvalue weighted by atomic mass is 9.97. The van der Waals surface area contributed by atoms with Crippen molar-refractivity contribution < 1.29 is 9.18 Å². The Morgan fingerprint density at radius 3 is 2.81 bits per heavy atom. The van der Waals surface area contributed by atoms with Crippen LogP contribution in [0.5, 0.6) is 0 Å². The van der Waals surface area contributed by atoms with Crippen LogP contribution in [0.3, 0.4) is 0 Å². The lowest BCUT2D eigenvalue weighted by Gasteiger charge is -2.41. The Balaban J connectivity index is 1.33. The highest BCUT2D eigenvalue weighted by Crippen LogP contribution is 2.28.